The number of Topliss-reactive ketones (excluding diaryl/α,β-unsaturated/α-hetero) is 1. The van der Waals surface area contributed by atoms with Crippen LogP contribution in [0.4, 0.5) is 4.39 Å². The Morgan fingerprint density at radius 1 is 0.949 bits per heavy atom. The maximum absolute atomic E-state index is 13.8. The summed E-state index contributed by atoms with van der Waals surface area (Å²) in [5.74, 6) is -1.11. The van der Waals surface area contributed by atoms with Crippen LogP contribution < -0.4 is 15.2 Å². The lowest BCUT2D eigenvalue weighted by atomic mass is 10.0. The number of likely N-dealkylation sites (tertiary alicyclic amines) is 1. The molecular formula is C30H30FN3O5. The van der Waals surface area contributed by atoms with Gasteiger partial charge in [-0.3, -0.25) is 9.59 Å². The quantitative estimate of drug-likeness (QED) is 0.270. The smallest absolute Gasteiger partial charge is 0.289 e. The van der Waals surface area contributed by atoms with Gasteiger partial charge in [0.1, 0.15) is 13.2 Å². The van der Waals surface area contributed by atoms with Crippen molar-refractivity contribution in [3.63, 3.8) is 0 Å². The molecule has 202 valence electrons. The molecular weight excluding hydrogens is 501 g/mol. The van der Waals surface area contributed by atoms with Gasteiger partial charge in [-0.05, 0) is 86.3 Å². The third-order valence-corrected chi connectivity index (χ3v) is 6.85. The molecule has 0 aliphatic carbocycles. The van der Waals surface area contributed by atoms with Crippen LogP contribution in [0.5, 0.6) is 11.5 Å². The lowest BCUT2D eigenvalue weighted by molar-refractivity contribution is -0.114. The molecule has 0 unspecified atom stereocenters. The average Bonchev–Trinajstić information content (AvgIpc) is 3.65. The molecule has 6 rings (SSSR count). The Bertz CT molecular complexity index is 1460. The second-order valence-corrected chi connectivity index (χ2v) is 9.60. The maximum Gasteiger partial charge on any atom is 0.289 e. The van der Waals surface area contributed by atoms with E-state index in [-0.39, 0.29) is 17.1 Å². The molecule has 1 amide bonds. The lowest BCUT2D eigenvalue weighted by Crippen LogP contribution is -2.22. The predicted octanol–water partition coefficient (Wildman–Crippen LogP) is 4.79. The summed E-state index contributed by atoms with van der Waals surface area (Å²) in [6, 6.07) is 15.9. The van der Waals surface area contributed by atoms with Crippen LogP contribution in [0, 0.1) is 5.82 Å². The molecule has 1 aromatic heterocycles. The number of hydrogen-bond donors (Lipinski definition) is 1. The highest BCUT2D eigenvalue weighted by Gasteiger charge is 2.18. The molecule has 9 heteroatoms. The van der Waals surface area contributed by atoms with E-state index in [1.54, 1.807) is 36.5 Å². The molecule has 0 spiro atoms. The second kappa shape index (κ2) is 12.1. The molecule has 39 heavy (non-hydrogen) atoms. The Morgan fingerprint density at radius 3 is 2.46 bits per heavy atom. The fourth-order valence-electron chi connectivity index (χ4n) is 4.83. The minimum Gasteiger partial charge on any atom is -0.486 e. The zero-order valence-electron chi connectivity index (χ0n) is 21.5. The van der Waals surface area contributed by atoms with Gasteiger partial charge in [0, 0.05) is 10.9 Å². The van der Waals surface area contributed by atoms with Gasteiger partial charge in [-0.1, -0.05) is 35.5 Å². The highest BCUT2D eigenvalue weighted by Crippen LogP contribution is 2.34. The molecule has 3 aromatic carbocycles. The third kappa shape index (κ3) is 6.43. The van der Waals surface area contributed by atoms with Crippen molar-refractivity contribution in [3.05, 3.63) is 77.7 Å². The molecule has 2 aliphatic heterocycles. The molecule has 4 aromatic rings. The largest absolute Gasteiger partial charge is 0.486 e. The molecule has 0 bridgehead atoms. The number of nitrogens with zero attached hydrogens (tertiary/aromatic N) is 2. The Balaban J connectivity index is 0.000000158. The van der Waals surface area contributed by atoms with Crippen LogP contribution in [0.1, 0.15) is 35.2 Å². The summed E-state index contributed by atoms with van der Waals surface area (Å²) < 4.78 is 29.6. The maximum atomic E-state index is 13.8. The van der Waals surface area contributed by atoms with E-state index in [0.29, 0.717) is 24.5 Å². The van der Waals surface area contributed by atoms with Crippen molar-refractivity contribution in [1.29, 1.82) is 0 Å². The number of nitrogens with two attached hydrogens (primary N) is 1. The number of ketones is 1. The Kier molecular flexibility index (Phi) is 8.17. The molecule has 2 N–H and O–H groups in total. The van der Waals surface area contributed by atoms with Gasteiger partial charge in [0.2, 0.25) is 5.78 Å². The first kappa shape index (κ1) is 26.4. The topological polar surface area (TPSA) is 108 Å². The minimum absolute atomic E-state index is 0.273. The summed E-state index contributed by atoms with van der Waals surface area (Å²) in [7, 11) is 0. The highest BCUT2D eigenvalue weighted by molar-refractivity contribution is 6.42. The number of halogens is 1. The van der Waals surface area contributed by atoms with E-state index in [1.807, 2.05) is 24.3 Å². The van der Waals surface area contributed by atoms with Gasteiger partial charge < -0.3 is 24.6 Å². The second-order valence-electron chi connectivity index (χ2n) is 9.60. The van der Waals surface area contributed by atoms with E-state index in [4.69, 9.17) is 19.7 Å². The summed E-state index contributed by atoms with van der Waals surface area (Å²) in [5.41, 5.74) is 8.86. The lowest BCUT2D eigenvalue weighted by Gasteiger charge is -2.20. The SMILES string of the molecule is Fc1cc(CCCN2CCCC2)cc2c1OCCO2.NC(=O)C(=O)c1ccc(-c2ccc3oncc3c2)cc1. The van der Waals surface area contributed by atoms with Crippen LogP contribution in [-0.2, 0) is 11.2 Å². The Labute approximate surface area is 225 Å². The molecule has 1 saturated heterocycles. The number of hydrogen-bond acceptors (Lipinski definition) is 7. The van der Waals surface area contributed by atoms with Crippen LogP contribution in [0.3, 0.4) is 0 Å². The molecule has 1 fully saturated rings. The first-order valence-corrected chi connectivity index (χ1v) is 13.1. The van der Waals surface area contributed by atoms with Crippen LogP contribution in [0.25, 0.3) is 22.1 Å². The summed E-state index contributed by atoms with van der Waals surface area (Å²) in [4.78, 5) is 24.7. The van der Waals surface area contributed by atoms with E-state index in [9.17, 15) is 14.0 Å². The summed E-state index contributed by atoms with van der Waals surface area (Å²) in [6.45, 7) is 4.48. The van der Waals surface area contributed by atoms with Crippen molar-refractivity contribution in [3.8, 4) is 22.6 Å². The molecule has 2 aliphatic rings. The van der Waals surface area contributed by atoms with E-state index < -0.39 is 11.7 Å². The van der Waals surface area contributed by atoms with E-state index in [2.05, 4.69) is 10.1 Å². The fourth-order valence-corrected chi connectivity index (χ4v) is 4.83. The van der Waals surface area contributed by atoms with Crippen LogP contribution >= 0.6 is 0 Å². The third-order valence-electron chi connectivity index (χ3n) is 6.85. The number of aryl methyl sites for hydroxylation is 1. The summed E-state index contributed by atoms with van der Waals surface area (Å²) in [5, 5.41) is 4.62. The standard InChI is InChI=1S/C15H20FNO2.C15H10N2O3/c16-13-10-12(4-3-7-17-5-1-2-6-17)11-14-15(13)19-9-8-18-14;16-15(19)14(18)10-3-1-9(2-4-10)11-5-6-13-12(7-11)8-17-20-13/h10-11H,1-9H2;1-8H,(H2,16,19). The predicted molar refractivity (Wildman–Crippen MR) is 144 cm³/mol. The molecule has 0 saturated carbocycles. The van der Waals surface area contributed by atoms with Crippen molar-refractivity contribution in [1.82, 2.24) is 10.1 Å². The van der Waals surface area contributed by atoms with Gasteiger partial charge in [-0.15, -0.1) is 0 Å². The first-order valence-electron chi connectivity index (χ1n) is 13.1. The summed E-state index contributed by atoms with van der Waals surface area (Å²) >= 11 is 0. The number of carbonyl (C=O) groups is 2. The number of ether oxygens (including phenoxy) is 2. The van der Waals surface area contributed by atoms with Crippen LogP contribution in [0.15, 0.2) is 65.3 Å². The molecule has 0 atom stereocenters. The van der Waals surface area contributed by atoms with Crippen LogP contribution in [0.2, 0.25) is 0 Å². The van der Waals surface area contributed by atoms with Crippen LogP contribution in [-0.4, -0.2) is 54.6 Å². The normalized spacial score (nSPS) is 14.6. The number of carbonyl (C=O) groups excluding carboxylic acids is 2. The highest BCUT2D eigenvalue weighted by atomic mass is 19.1. The van der Waals surface area contributed by atoms with Gasteiger partial charge in [-0.25, -0.2) is 4.39 Å². The number of rotatable bonds is 7. The average molecular weight is 532 g/mol. The van der Waals surface area contributed by atoms with Gasteiger partial charge >= 0.3 is 0 Å². The number of amides is 1. The number of aromatic nitrogens is 1. The number of fused-ring (bicyclic) bond motifs is 2. The molecule has 3 heterocycles. The summed E-state index contributed by atoms with van der Waals surface area (Å²) in [6.07, 6.45) is 6.24. The Morgan fingerprint density at radius 2 is 1.69 bits per heavy atom. The van der Waals surface area contributed by atoms with Crippen molar-refractivity contribution in [2.75, 3.05) is 32.8 Å². The van der Waals surface area contributed by atoms with Crippen molar-refractivity contribution < 1.29 is 28.0 Å². The van der Waals surface area contributed by atoms with Gasteiger partial charge in [0.25, 0.3) is 5.91 Å². The van der Waals surface area contributed by atoms with Gasteiger partial charge in [0.15, 0.2) is 22.9 Å². The van der Waals surface area contributed by atoms with Gasteiger partial charge in [-0.2, -0.15) is 0 Å². The van der Waals surface area contributed by atoms with E-state index in [1.165, 1.54) is 25.9 Å². The van der Waals surface area contributed by atoms with Crippen molar-refractivity contribution in [2.45, 2.75) is 25.7 Å². The zero-order valence-corrected chi connectivity index (χ0v) is 21.5. The van der Waals surface area contributed by atoms with Crippen molar-refractivity contribution in [2.24, 2.45) is 5.73 Å². The van der Waals surface area contributed by atoms with Crippen molar-refractivity contribution >= 4 is 22.7 Å². The monoisotopic (exact) mass is 531 g/mol. The Hall–Kier alpha value is -4.24. The number of primary amides is 1. The molecule has 8 nitrogen and oxygen atoms in total. The van der Waals surface area contributed by atoms with E-state index in [0.717, 1.165) is 41.5 Å². The van der Waals surface area contributed by atoms with Gasteiger partial charge in [0.05, 0.1) is 6.20 Å². The van der Waals surface area contributed by atoms with E-state index >= 15 is 0 Å². The number of benzene rings is 3. The first-order chi connectivity index (χ1) is 19.0. The zero-order chi connectivity index (χ0) is 27.2. The minimum atomic E-state index is -0.955. The molecule has 0 radical (unpaired) electrons. The fraction of sp³-hybridized carbons (Fsp3) is 0.300.